The first-order valence-electron chi connectivity index (χ1n) is 5.91. The zero-order chi connectivity index (χ0) is 14.0. The average Bonchev–Trinajstić information content (AvgIpc) is 2.74. The van der Waals surface area contributed by atoms with Gasteiger partial charge in [-0.2, -0.15) is 0 Å². The summed E-state index contributed by atoms with van der Waals surface area (Å²) in [6.07, 6.45) is 1.87. The molecule has 1 aromatic carbocycles. The van der Waals surface area contributed by atoms with Crippen LogP contribution in [0.1, 0.15) is 30.4 Å². The molecule has 0 bridgehead atoms. The van der Waals surface area contributed by atoms with Crippen molar-refractivity contribution in [2.24, 2.45) is 0 Å². The van der Waals surface area contributed by atoms with Gasteiger partial charge in [0.2, 0.25) is 0 Å². The van der Waals surface area contributed by atoms with Crippen LogP contribution in [0.2, 0.25) is 0 Å². The Morgan fingerprint density at radius 2 is 1.95 bits per heavy atom. The molecule has 0 aliphatic carbocycles. The van der Waals surface area contributed by atoms with Gasteiger partial charge in [0, 0.05) is 22.4 Å². The van der Waals surface area contributed by atoms with E-state index in [1.807, 2.05) is 24.6 Å². The minimum absolute atomic E-state index is 0.181. The number of anilines is 1. The molecular formula is C14H14BrFN2O. The summed E-state index contributed by atoms with van der Waals surface area (Å²) >= 11 is 3.36. The fourth-order valence-corrected chi connectivity index (χ4v) is 2.22. The molecule has 0 aliphatic heterocycles. The number of amides is 1. The SMILES string of the molecule is CC(C)n1cc(Br)cc1C(=O)Nc1ccc(F)cc1. The summed E-state index contributed by atoms with van der Waals surface area (Å²) in [5.41, 5.74) is 1.13. The van der Waals surface area contributed by atoms with Gasteiger partial charge in [0.05, 0.1) is 0 Å². The number of aromatic nitrogens is 1. The van der Waals surface area contributed by atoms with Crippen LogP contribution in [0.5, 0.6) is 0 Å². The molecule has 1 N–H and O–H groups in total. The highest BCUT2D eigenvalue weighted by molar-refractivity contribution is 9.10. The lowest BCUT2D eigenvalue weighted by Gasteiger charge is -2.12. The minimum atomic E-state index is -0.328. The summed E-state index contributed by atoms with van der Waals surface area (Å²) in [6.45, 7) is 4.00. The average molecular weight is 325 g/mol. The van der Waals surface area contributed by atoms with E-state index in [0.717, 1.165) is 4.47 Å². The number of benzene rings is 1. The molecule has 1 heterocycles. The fraction of sp³-hybridized carbons (Fsp3) is 0.214. The third-order valence-electron chi connectivity index (χ3n) is 2.71. The van der Waals surface area contributed by atoms with Crippen LogP contribution in [-0.4, -0.2) is 10.5 Å². The maximum Gasteiger partial charge on any atom is 0.272 e. The quantitative estimate of drug-likeness (QED) is 0.901. The summed E-state index contributed by atoms with van der Waals surface area (Å²) in [5.74, 6) is -0.544. The van der Waals surface area contributed by atoms with Gasteiger partial charge in [-0.15, -0.1) is 0 Å². The van der Waals surface area contributed by atoms with Crippen molar-refractivity contribution in [1.29, 1.82) is 0 Å². The maximum atomic E-state index is 12.8. The number of halogens is 2. The van der Waals surface area contributed by atoms with E-state index in [1.54, 1.807) is 6.07 Å². The molecule has 3 nitrogen and oxygen atoms in total. The molecule has 2 rings (SSSR count). The predicted molar refractivity (Wildman–Crippen MR) is 76.9 cm³/mol. The van der Waals surface area contributed by atoms with Crippen LogP contribution in [-0.2, 0) is 0 Å². The Hall–Kier alpha value is -1.62. The van der Waals surface area contributed by atoms with Gasteiger partial charge in [-0.25, -0.2) is 4.39 Å². The van der Waals surface area contributed by atoms with Crippen molar-refractivity contribution >= 4 is 27.5 Å². The summed E-state index contributed by atoms with van der Waals surface area (Å²) in [6, 6.07) is 7.63. The summed E-state index contributed by atoms with van der Waals surface area (Å²) in [4.78, 5) is 12.2. The normalized spacial score (nSPS) is 10.8. The maximum absolute atomic E-state index is 12.8. The summed E-state index contributed by atoms with van der Waals surface area (Å²) in [5, 5.41) is 2.75. The van der Waals surface area contributed by atoms with Crippen molar-refractivity contribution in [3.63, 3.8) is 0 Å². The molecule has 100 valence electrons. The number of nitrogens with one attached hydrogen (secondary N) is 1. The lowest BCUT2D eigenvalue weighted by molar-refractivity contribution is 0.101. The highest BCUT2D eigenvalue weighted by Gasteiger charge is 2.15. The number of rotatable bonds is 3. The third kappa shape index (κ3) is 3.23. The smallest absolute Gasteiger partial charge is 0.272 e. The molecule has 0 unspecified atom stereocenters. The summed E-state index contributed by atoms with van der Waals surface area (Å²) < 4.78 is 15.5. The van der Waals surface area contributed by atoms with E-state index in [4.69, 9.17) is 0 Å². The molecule has 0 spiro atoms. The van der Waals surface area contributed by atoms with Gasteiger partial charge in [-0.1, -0.05) is 0 Å². The Kier molecular flexibility index (Phi) is 4.04. The highest BCUT2D eigenvalue weighted by atomic mass is 79.9. The van der Waals surface area contributed by atoms with Crippen LogP contribution in [0.25, 0.3) is 0 Å². The molecule has 0 radical (unpaired) electrons. The van der Waals surface area contributed by atoms with Gasteiger partial charge in [0.15, 0.2) is 0 Å². The zero-order valence-corrected chi connectivity index (χ0v) is 12.2. The molecule has 1 amide bonds. The van der Waals surface area contributed by atoms with Gasteiger partial charge in [-0.3, -0.25) is 4.79 Å². The van der Waals surface area contributed by atoms with E-state index >= 15 is 0 Å². The largest absolute Gasteiger partial charge is 0.340 e. The van der Waals surface area contributed by atoms with Crippen molar-refractivity contribution in [2.45, 2.75) is 19.9 Å². The van der Waals surface area contributed by atoms with Crippen LogP contribution >= 0.6 is 15.9 Å². The van der Waals surface area contributed by atoms with Crippen molar-refractivity contribution in [3.8, 4) is 0 Å². The Morgan fingerprint density at radius 3 is 2.53 bits per heavy atom. The number of carbonyl (C=O) groups is 1. The standard InChI is InChI=1S/C14H14BrFN2O/c1-9(2)18-8-10(15)7-13(18)14(19)17-12-5-3-11(16)4-6-12/h3-9H,1-2H3,(H,17,19). The van der Waals surface area contributed by atoms with Gasteiger partial charge in [-0.05, 0) is 60.1 Å². The number of hydrogen-bond donors (Lipinski definition) is 1. The number of carbonyl (C=O) groups excluding carboxylic acids is 1. The Balaban J connectivity index is 2.22. The van der Waals surface area contributed by atoms with Gasteiger partial charge < -0.3 is 9.88 Å². The van der Waals surface area contributed by atoms with E-state index in [9.17, 15) is 9.18 Å². The van der Waals surface area contributed by atoms with Crippen LogP contribution in [0.3, 0.4) is 0 Å². The topological polar surface area (TPSA) is 34.0 Å². The van der Waals surface area contributed by atoms with Crippen molar-refractivity contribution in [2.75, 3.05) is 5.32 Å². The number of nitrogens with zero attached hydrogens (tertiary/aromatic N) is 1. The first-order valence-corrected chi connectivity index (χ1v) is 6.71. The Morgan fingerprint density at radius 1 is 1.32 bits per heavy atom. The highest BCUT2D eigenvalue weighted by Crippen LogP contribution is 2.20. The Bertz CT molecular complexity index is 590. The van der Waals surface area contributed by atoms with Crippen LogP contribution in [0.4, 0.5) is 10.1 Å². The fourth-order valence-electron chi connectivity index (χ4n) is 1.78. The van der Waals surface area contributed by atoms with E-state index < -0.39 is 0 Å². The predicted octanol–water partition coefficient (Wildman–Crippen LogP) is 4.22. The molecule has 2 aromatic rings. The zero-order valence-electron chi connectivity index (χ0n) is 10.7. The van der Waals surface area contributed by atoms with Crippen LogP contribution < -0.4 is 5.32 Å². The minimum Gasteiger partial charge on any atom is -0.340 e. The number of hydrogen-bond acceptors (Lipinski definition) is 1. The third-order valence-corrected chi connectivity index (χ3v) is 3.14. The van der Waals surface area contributed by atoms with Crippen molar-refractivity contribution < 1.29 is 9.18 Å². The van der Waals surface area contributed by atoms with Crippen LogP contribution in [0.15, 0.2) is 41.0 Å². The van der Waals surface area contributed by atoms with Gasteiger partial charge in [0.1, 0.15) is 11.5 Å². The summed E-state index contributed by atoms with van der Waals surface area (Å²) in [7, 11) is 0. The van der Waals surface area contributed by atoms with E-state index in [0.29, 0.717) is 11.4 Å². The molecule has 5 heteroatoms. The van der Waals surface area contributed by atoms with Gasteiger partial charge >= 0.3 is 0 Å². The van der Waals surface area contributed by atoms with E-state index in [2.05, 4.69) is 21.2 Å². The lowest BCUT2D eigenvalue weighted by Crippen LogP contribution is -2.17. The first kappa shape index (κ1) is 13.8. The van der Waals surface area contributed by atoms with Gasteiger partial charge in [0.25, 0.3) is 5.91 Å². The molecule has 0 saturated carbocycles. The molecule has 19 heavy (non-hydrogen) atoms. The van der Waals surface area contributed by atoms with Crippen LogP contribution in [0, 0.1) is 5.82 Å². The second-order valence-corrected chi connectivity index (χ2v) is 5.42. The van der Waals surface area contributed by atoms with Crippen molar-refractivity contribution in [1.82, 2.24) is 4.57 Å². The molecule has 1 aromatic heterocycles. The van der Waals surface area contributed by atoms with E-state index in [1.165, 1.54) is 24.3 Å². The molecular weight excluding hydrogens is 311 g/mol. The second-order valence-electron chi connectivity index (χ2n) is 4.51. The lowest BCUT2D eigenvalue weighted by atomic mass is 10.3. The molecule has 0 atom stereocenters. The van der Waals surface area contributed by atoms with E-state index in [-0.39, 0.29) is 17.8 Å². The molecule has 0 saturated heterocycles. The Labute approximate surface area is 119 Å². The second kappa shape index (κ2) is 5.57. The monoisotopic (exact) mass is 324 g/mol. The van der Waals surface area contributed by atoms with Crippen molar-refractivity contribution in [3.05, 3.63) is 52.5 Å². The molecule has 0 fully saturated rings. The first-order chi connectivity index (χ1) is 8.97. The molecule has 0 aliphatic rings.